The first-order chi connectivity index (χ1) is 20.7. The number of amides is 1. The topological polar surface area (TPSA) is 78.0 Å². The number of nitrogens with one attached hydrogen (secondary N) is 1. The fourth-order valence-corrected chi connectivity index (χ4v) is 5.61. The molecule has 7 nitrogen and oxygen atoms in total. The first kappa shape index (κ1) is 30.8. The zero-order chi connectivity index (χ0) is 30.5. The van der Waals surface area contributed by atoms with Crippen LogP contribution >= 0.6 is 50.7 Å². The average Bonchev–Trinajstić information content (AvgIpc) is 3.59. The van der Waals surface area contributed by atoms with Crippen LogP contribution in [0.4, 0.5) is 0 Å². The van der Waals surface area contributed by atoms with Crippen LogP contribution in [0.15, 0.2) is 92.9 Å². The number of furan rings is 1. The van der Waals surface area contributed by atoms with E-state index in [1.807, 2.05) is 30.3 Å². The van der Waals surface area contributed by atoms with Gasteiger partial charge < -0.3 is 18.5 Å². The molecule has 0 aliphatic carbocycles. The van der Waals surface area contributed by atoms with Gasteiger partial charge >= 0.3 is 5.91 Å². The minimum atomic E-state index is -0.504. The Hall–Kier alpha value is -3.69. The Balaban J connectivity index is 1.13. The van der Waals surface area contributed by atoms with Gasteiger partial charge in [0.15, 0.2) is 11.5 Å². The quantitative estimate of drug-likeness (QED) is 0.116. The summed E-state index contributed by atoms with van der Waals surface area (Å²) in [5.41, 5.74) is 7.31. The summed E-state index contributed by atoms with van der Waals surface area (Å²) >= 11 is 22.0. The summed E-state index contributed by atoms with van der Waals surface area (Å²) in [5, 5.41) is 5.30. The summed E-state index contributed by atoms with van der Waals surface area (Å²) in [7, 11) is 0. The highest BCUT2D eigenvalue weighted by Crippen LogP contribution is 2.35. The number of carbonyl (C=O) groups is 1. The Morgan fingerprint density at radius 1 is 0.884 bits per heavy atom. The van der Waals surface area contributed by atoms with Crippen molar-refractivity contribution >= 4 is 62.9 Å². The maximum absolute atomic E-state index is 12.5. The van der Waals surface area contributed by atoms with Gasteiger partial charge in [-0.2, -0.15) is 5.10 Å². The molecule has 0 saturated heterocycles. The van der Waals surface area contributed by atoms with Crippen molar-refractivity contribution in [3.63, 3.8) is 0 Å². The summed E-state index contributed by atoms with van der Waals surface area (Å²) in [6, 6.07) is 23.9. The van der Waals surface area contributed by atoms with E-state index in [0.29, 0.717) is 42.4 Å². The standard InChI is InChI=1S/C32H25BrCl3N3O4/c1-19-3-4-20(2)39(19)23-6-8-24(9-7-23)41-18-25-10-12-30(43-25)32(40)38-37-16-22-13-26(33)31(29(36)15-22)42-17-21-5-11-27(34)28(35)14-21/h3-16H,17-18H2,1-2H3,(H,38,40)/b37-16+. The van der Waals surface area contributed by atoms with E-state index in [-0.39, 0.29) is 19.0 Å². The third-order valence-electron chi connectivity index (χ3n) is 6.40. The molecule has 5 rings (SSSR count). The van der Waals surface area contributed by atoms with Crippen molar-refractivity contribution in [2.75, 3.05) is 0 Å². The number of hydrogen-bond donors (Lipinski definition) is 1. The highest BCUT2D eigenvalue weighted by molar-refractivity contribution is 9.10. The maximum atomic E-state index is 12.5. The number of halogens is 4. The zero-order valence-corrected chi connectivity index (χ0v) is 26.9. The number of rotatable bonds is 10. The average molecular weight is 702 g/mol. The molecular weight excluding hydrogens is 677 g/mol. The van der Waals surface area contributed by atoms with Gasteiger partial charge in [0.25, 0.3) is 0 Å². The first-order valence-corrected chi connectivity index (χ1v) is 15.0. The number of carbonyl (C=O) groups excluding carboxylic acids is 1. The maximum Gasteiger partial charge on any atom is 0.307 e. The Bertz CT molecular complexity index is 1760. The Morgan fingerprint density at radius 3 is 2.33 bits per heavy atom. The van der Waals surface area contributed by atoms with E-state index in [0.717, 1.165) is 22.6 Å². The van der Waals surface area contributed by atoms with Crippen LogP contribution in [0.3, 0.4) is 0 Å². The fourth-order valence-electron chi connectivity index (χ4n) is 4.30. The fraction of sp³-hybridized carbons (Fsp3) is 0.125. The SMILES string of the molecule is Cc1ccc(C)n1-c1ccc(OCc2ccc(C(=O)N/N=C/c3cc(Cl)c(OCc4ccc(Cl)c(Cl)c4)c(Br)c3)o2)cc1. The number of benzene rings is 3. The predicted octanol–water partition coefficient (Wildman–Crippen LogP) is 9.33. The normalized spacial score (nSPS) is 11.2. The molecule has 0 aliphatic heterocycles. The molecule has 0 fully saturated rings. The smallest absolute Gasteiger partial charge is 0.307 e. The molecule has 11 heteroatoms. The molecule has 3 aromatic carbocycles. The lowest BCUT2D eigenvalue weighted by Crippen LogP contribution is -2.16. The van der Waals surface area contributed by atoms with Gasteiger partial charge in [-0.25, -0.2) is 5.43 Å². The van der Waals surface area contributed by atoms with Crippen LogP contribution in [-0.4, -0.2) is 16.7 Å². The lowest BCUT2D eigenvalue weighted by Gasteiger charge is -2.11. The number of ether oxygens (including phenoxy) is 2. The Morgan fingerprint density at radius 2 is 1.63 bits per heavy atom. The molecule has 0 bridgehead atoms. The number of hydrogen-bond acceptors (Lipinski definition) is 5. The first-order valence-electron chi connectivity index (χ1n) is 13.0. The molecule has 5 aromatic rings. The highest BCUT2D eigenvalue weighted by Gasteiger charge is 2.13. The summed E-state index contributed by atoms with van der Waals surface area (Å²) in [6.07, 6.45) is 1.46. The van der Waals surface area contributed by atoms with Crippen LogP contribution in [-0.2, 0) is 13.2 Å². The molecule has 0 aliphatic rings. The molecule has 0 radical (unpaired) electrons. The molecule has 0 spiro atoms. The molecule has 1 amide bonds. The third kappa shape index (κ3) is 7.64. The largest absolute Gasteiger partial charge is 0.486 e. The predicted molar refractivity (Wildman–Crippen MR) is 173 cm³/mol. The van der Waals surface area contributed by atoms with Crippen LogP contribution < -0.4 is 14.9 Å². The third-order valence-corrected chi connectivity index (χ3v) is 8.01. The molecular formula is C32H25BrCl3N3O4. The molecule has 0 atom stereocenters. The van der Waals surface area contributed by atoms with E-state index in [2.05, 4.69) is 57.0 Å². The van der Waals surface area contributed by atoms with Gasteiger partial charge in [-0.1, -0.05) is 40.9 Å². The van der Waals surface area contributed by atoms with Crippen molar-refractivity contribution in [1.29, 1.82) is 0 Å². The number of hydrazone groups is 1. The zero-order valence-electron chi connectivity index (χ0n) is 23.0. The van der Waals surface area contributed by atoms with Gasteiger partial charge in [0, 0.05) is 17.1 Å². The number of nitrogens with zero attached hydrogens (tertiary/aromatic N) is 2. The van der Waals surface area contributed by atoms with E-state index in [1.54, 1.807) is 36.4 Å². The van der Waals surface area contributed by atoms with E-state index in [1.165, 1.54) is 6.21 Å². The number of aryl methyl sites for hydroxylation is 2. The van der Waals surface area contributed by atoms with E-state index in [9.17, 15) is 4.79 Å². The monoisotopic (exact) mass is 699 g/mol. The molecule has 1 N–H and O–H groups in total. The highest BCUT2D eigenvalue weighted by atomic mass is 79.9. The van der Waals surface area contributed by atoms with E-state index in [4.69, 9.17) is 48.7 Å². The van der Waals surface area contributed by atoms with Gasteiger partial charge in [-0.3, -0.25) is 4.79 Å². The van der Waals surface area contributed by atoms with Crippen molar-refractivity contribution in [2.45, 2.75) is 27.1 Å². The summed E-state index contributed by atoms with van der Waals surface area (Å²) in [4.78, 5) is 12.5. The summed E-state index contributed by atoms with van der Waals surface area (Å²) < 4.78 is 20.1. The molecule has 2 aromatic heterocycles. The van der Waals surface area contributed by atoms with Crippen molar-refractivity contribution in [3.8, 4) is 17.2 Å². The summed E-state index contributed by atoms with van der Waals surface area (Å²) in [6.45, 7) is 4.55. The van der Waals surface area contributed by atoms with Gasteiger partial charge in [-0.05, 0) is 114 Å². The second-order valence-electron chi connectivity index (χ2n) is 9.55. The molecule has 2 heterocycles. The minimum Gasteiger partial charge on any atom is -0.486 e. The van der Waals surface area contributed by atoms with Gasteiger partial charge in [0.2, 0.25) is 0 Å². The molecule has 43 heavy (non-hydrogen) atoms. The second-order valence-corrected chi connectivity index (χ2v) is 11.6. The van der Waals surface area contributed by atoms with Crippen LogP contribution in [0.5, 0.6) is 11.5 Å². The number of aromatic nitrogens is 1. The van der Waals surface area contributed by atoms with Gasteiger partial charge in [-0.15, -0.1) is 0 Å². The van der Waals surface area contributed by atoms with Crippen LogP contribution in [0, 0.1) is 13.8 Å². The van der Waals surface area contributed by atoms with Gasteiger partial charge in [0.05, 0.1) is 25.8 Å². The molecule has 220 valence electrons. The molecule has 0 unspecified atom stereocenters. The van der Waals surface area contributed by atoms with E-state index < -0.39 is 5.91 Å². The van der Waals surface area contributed by atoms with Crippen molar-refractivity contribution in [1.82, 2.24) is 9.99 Å². The summed E-state index contributed by atoms with van der Waals surface area (Å²) in [5.74, 6) is 1.25. The Kier molecular flexibility index (Phi) is 9.82. The van der Waals surface area contributed by atoms with Gasteiger partial charge in [0.1, 0.15) is 24.7 Å². The molecule has 0 saturated carbocycles. The van der Waals surface area contributed by atoms with Crippen molar-refractivity contribution in [3.05, 3.63) is 132 Å². The van der Waals surface area contributed by atoms with Crippen LogP contribution in [0.1, 0.15) is 38.8 Å². The van der Waals surface area contributed by atoms with Crippen LogP contribution in [0.25, 0.3) is 5.69 Å². The van der Waals surface area contributed by atoms with Crippen molar-refractivity contribution in [2.24, 2.45) is 5.10 Å². The Labute approximate surface area is 272 Å². The lowest BCUT2D eigenvalue weighted by atomic mass is 10.2. The minimum absolute atomic E-state index is 0.106. The second kappa shape index (κ2) is 13.7. The van der Waals surface area contributed by atoms with E-state index >= 15 is 0 Å². The lowest BCUT2D eigenvalue weighted by molar-refractivity contribution is 0.0923. The van der Waals surface area contributed by atoms with Crippen molar-refractivity contribution < 1.29 is 18.7 Å². The van der Waals surface area contributed by atoms with Crippen LogP contribution in [0.2, 0.25) is 15.1 Å².